The lowest BCUT2D eigenvalue weighted by atomic mass is 9.91. The Morgan fingerprint density at radius 1 is 1.03 bits per heavy atom. The van der Waals surface area contributed by atoms with Crippen LogP contribution in [0.15, 0.2) is 77.3 Å². The van der Waals surface area contributed by atoms with Gasteiger partial charge in [-0.1, -0.05) is 58.4 Å². The lowest BCUT2D eigenvalue weighted by Gasteiger charge is -2.44. The van der Waals surface area contributed by atoms with E-state index in [-0.39, 0.29) is 24.7 Å². The maximum absolute atomic E-state index is 12.4. The quantitative estimate of drug-likeness (QED) is 0.509. The molecule has 0 fully saturated rings. The van der Waals surface area contributed by atoms with Crippen molar-refractivity contribution >= 4 is 33.3 Å². The summed E-state index contributed by atoms with van der Waals surface area (Å²) < 4.78 is 6.06. The number of halogens is 1. The summed E-state index contributed by atoms with van der Waals surface area (Å²) >= 11 is 3.61. The molecule has 6 heteroatoms. The number of methoxy groups -OCH3 is 1. The highest BCUT2D eigenvalue weighted by molar-refractivity contribution is 9.10. The number of carbonyl (C=O) groups is 1. The molecule has 1 heterocycles. The fourth-order valence-electron chi connectivity index (χ4n) is 4.08. The molecule has 0 bridgehead atoms. The van der Waals surface area contributed by atoms with Gasteiger partial charge < -0.3 is 15.0 Å². The van der Waals surface area contributed by atoms with Crippen LogP contribution in [0.5, 0.6) is 0 Å². The lowest BCUT2D eigenvalue weighted by Crippen LogP contribution is -2.44. The van der Waals surface area contributed by atoms with Crippen LogP contribution in [0.3, 0.4) is 0 Å². The summed E-state index contributed by atoms with van der Waals surface area (Å²) in [6.45, 7) is 0.162. The number of nitrogens with zero attached hydrogens (tertiary/aromatic N) is 2. The molecule has 0 radical (unpaired) electrons. The maximum atomic E-state index is 12.4. The van der Waals surface area contributed by atoms with Crippen molar-refractivity contribution in [3.8, 4) is 0 Å². The minimum absolute atomic E-state index is 0.104. The van der Waals surface area contributed by atoms with E-state index in [0.717, 1.165) is 32.5 Å². The van der Waals surface area contributed by atoms with Gasteiger partial charge in [0, 0.05) is 29.9 Å². The first-order valence-electron chi connectivity index (χ1n) is 10.2. The van der Waals surface area contributed by atoms with Crippen LogP contribution in [0.1, 0.15) is 28.9 Å². The Labute approximate surface area is 191 Å². The number of fused-ring (bicyclic) bond motifs is 1. The smallest absolute Gasteiger partial charge is 0.319 e. The highest BCUT2D eigenvalue weighted by Crippen LogP contribution is 2.44. The van der Waals surface area contributed by atoms with Gasteiger partial charge in [0.25, 0.3) is 0 Å². The zero-order valence-electron chi connectivity index (χ0n) is 17.9. The van der Waals surface area contributed by atoms with E-state index in [1.165, 1.54) is 7.11 Å². The number of benzene rings is 3. The molecule has 3 aromatic carbocycles. The van der Waals surface area contributed by atoms with Crippen molar-refractivity contribution in [3.63, 3.8) is 0 Å². The van der Waals surface area contributed by atoms with Crippen molar-refractivity contribution in [2.45, 2.75) is 12.2 Å². The predicted molar refractivity (Wildman–Crippen MR) is 128 cm³/mol. The molecule has 0 spiro atoms. The summed E-state index contributed by atoms with van der Waals surface area (Å²) in [7, 11) is 5.48. The molecule has 1 N–H and O–H groups in total. The maximum Gasteiger partial charge on any atom is 0.319 e. The van der Waals surface area contributed by atoms with Gasteiger partial charge in [0.15, 0.2) is 0 Å². The molecular formula is C25H26BrN3O2. The molecule has 0 saturated carbocycles. The zero-order valence-corrected chi connectivity index (χ0v) is 19.5. The third kappa shape index (κ3) is 4.45. The molecule has 160 valence electrons. The van der Waals surface area contributed by atoms with Crippen molar-refractivity contribution in [1.29, 1.82) is 0 Å². The van der Waals surface area contributed by atoms with E-state index in [9.17, 15) is 4.79 Å². The molecule has 1 aliphatic rings. The molecule has 31 heavy (non-hydrogen) atoms. The van der Waals surface area contributed by atoms with Crippen molar-refractivity contribution < 1.29 is 9.53 Å². The second-order valence-corrected chi connectivity index (χ2v) is 8.74. The van der Waals surface area contributed by atoms with E-state index in [4.69, 9.17) is 4.74 Å². The molecule has 4 rings (SSSR count). The molecule has 0 aromatic heterocycles. The Balaban J connectivity index is 1.85. The van der Waals surface area contributed by atoms with Crippen LogP contribution >= 0.6 is 15.9 Å². The number of nitrogens with one attached hydrogen (secondary N) is 1. The van der Waals surface area contributed by atoms with Crippen molar-refractivity contribution in [3.05, 3.63) is 94.0 Å². The summed E-state index contributed by atoms with van der Waals surface area (Å²) in [5.74, 6) is -0.268. The Morgan fingerprint density at radius 2 is 1.74 bits per heavy atom. The minimum Gasteiger partial charge on any atom is -0.468 e. The number of hydrogen-bond acceptors (Lipinski definition) is 5. The highest BCUT2D eigenvalue weighted by atomic mass is 79.9. The Morgan fingerprint density at radius 3 is 2.39 bits per heavy atom. The van der Waals surface area contributed by atoms with Crippen LogP contribution in [-0.2, 0) is 9.53 Å². The van der Waals surface area contributed by atoms with E-state index in [1.54, 1.807) is 0 Å². The number of rotatable bonds is 5. The van der Waals surface area contributed by atoms with E-state index < -0.39 is 0 Å². The summed E-state index contributed by atoms with van der Waals surface area (Å²) in [5.41, 5.74) is 5.51. The number of carbonyl (C=O) groups excluding carboxylic acids is 1. The van der Waals surface area contributed by atoms with E-state index >= 15 is 0 Å². The van der Waals surface area contributed by atoms with Crippen LogP contribution < -0.4 is 10.2 Å². The largest absolute Gasteiger partial charge is 0.468 e. The SMILES string of the molecule is COC(=O)CN1C(c2ccc(N(C)C)cc2)Nc2ccc(Br)cc2C1c1ccccc1. The molecule has 0 aliphatic carbocycles. The Bertz CT molecular complexity index is 1050. The number of hydrogen-bond donors (Lipinski definition) is 1. The molecule has 1 aliphatic heterocycles. The molecular weight excluding hydrogens is 454 g/mol. The van der Waals surface area contributed by atoms with Gasteiger partial charge in [-0.2, -0.15) is 0 Å². The van der Waals surface area contributed by atoms with E-state index in [2.05, 4.69) is 79.6 Å². The molecule has 3 aromatic rings. The third-order valence-electron chi connectivity index (χ3n) is 5.64. The Hall–Kier alpha value is -2.83. The fraction of sp³-hybridized carbons (Fsp3) is 0.240. The van der Waals surface area contributed by atoms with Gasteiger partial charge in [-0.05, 0) is 47.0 Å². The standard InChI is InChI=1S/C25H26BrN3O2/c1-28(2)20-12-9-18(10-13-20)25-27-22-14-11-19(26)15-21(22)24(17-7-5-4-6-8-17)29(25)16-23(30)31-3/h4-15,24-25,27H,16H2,1-3H3. The average molecular weight is 480 g/mol. The fourth-order valence-corrected chi connectivity index (χ4v) is 4.46. The van der Waals surface area contributed by atoms with E-state index in [1.807, 2.05) is 38.4 Å². The first-order chi connectivity index (χ1) is 15.0. The molecule has 2 atom stereocenters. The summed E-state index contributed by atoms with van der Waals surface area (Å²) in [6.07, 6.45) is -0.186. The van der Waals surface area contributed by atoms with Crippen LogP contribution in [0.4, 0.5) is 11.4 Å². The topological polar surface area (TPSA) is 44.8 Å². The van der Waals surface area contributed by atoms with Gasteiger partial charge in [-0.15, -0.1) is 0 Å². The highest BCUT2D eigenvalue weighted by Gasteiger charge is 2.37. The summed E-state index contributed by atoms with van der Waals surface area (Å²) in [6, 6.07) is 24.9. The van der Waals surface area contributed by atoms with Gasteiger partial charge in [-0.3, -0.25) is 9.69 Å². The van der Waals surface area contributed by atoms with Crippen LogP contribution in [0, 0.1) is 0 Å². The van der Waals surface area contributed by atoms with Gasteiger partial charge in [-0.25, -0.2) is 0 Å². The Kier molecular flexibility index (Phi) is 6.30. The first-order valence-corrected chi connectivity index (χ1v) is 11.0. The monoisotopic (exact) mass is 479 g/mol. The number of esters is 1. The van der Waals surface area contributed by atoms with Crippen molar-refractivity contribution in [2.24, 2.45) is 0 Å². The lowest BCUT2D eigenvalue weighted by molar-refractivity contribution is -0.143. The first kappa shape index (κ1) is 21.4. The van der Waals surface area contributed by atoms with Crippen LogP contribution in [0.2, 0.25) is 0 Å². The molecule has 5 nitrogen and oxygen atoms in total. The van der Waals surface area contributed by atoms with E-state index in [0.29, 0.717) is 0 Å². The van der Waals surface area contributed by atoms with Gasteiger partial charge in [0.2, 0.25) is 0 Å². The van der Waals surface area contributed by atoms with Gasteiger partial charge >= 0.3 is 5.97 Å². The van der Waals surface area contributed by atoms with Gasteiger partial charge in [0.1, 0.15) is 6.17 Å². The average Bonchev–Trinajstić information content (AvgIpc) is 2.79. The molecule has 2 unspecified atom stereocenters. The van der Waals surface area contributed by atoms with Crippen LogP contribution in [0.25, 0.3) is 0 Å². The zero-order chi connectivity index (χ0) is 22.0. The summed E-state index contributed by atoms with van der Waals surface area (Å²) in [4.78, 5) is 16.7. The molecule has 0 amide bonds. The summed E-state index contributed by atoms with van der Waals surface area (Å²) in [5, 5.41) is 3.65. The van der Waals surface area contributed by atoms with Crippen molar-refractivity contribution in [1.82, 2.24) is 4.90 Å². The van der Waals surface area contributed by atoms with Gasteiger partial charge in [0.05, 0.1) is 19.7 Å². The molecule has 0 saturated heterocycles. The third-order valence-corrected chi connectivity index (χ3v) is 6.14. The predicted octanol–water partition coefficient (Wildman–Crippen LogP) is 5.20. The normalized spacial score (nSPS) is 18.1. The van der Waals surface area contributed by atoms with Crippen molar-refractivity contribution in [2.75, 3.05) is 38.0 Å². The second kappa shape index (κ2) is 9.12. The number of anilines is 2. The second-order valence-electron chi connectivity index (χ2n) is 7.83. The van der Waals surface area contributed by atoms with Crippen LogP contribution in [-0.4, -0.2) is 38.6 Å². The number of ether oxygens (including phenoxy) is 1. The minimum atomic E-state index is -0.268.